The standard InChI is InChI=1S/C22H17NO4/c1-25-17-12-18(26-2)21-19(13-17)27-20(22(21)24)11-14-3-5-15(6-4-14)16-7-9-23-10-8-16/h3-13H,1-2H3/b20-11-. The molecule has 0 saturated carbocycles. The van der Waals surface area contributed by atoms with E-state index in [1.165, 1.54) is 7.11 Å². The van der Waals surface area contributed by atoms with Crippen LogP contribution in [0.15, 0.2) is 66.7 Å². The van der Waals surface area contributed by atoms with Gasteiger partial charge in [0.2, 0.25) is 5.78 Å². The number of hydrogen-bond acceptors (Lipinski definition) is 5. The Labute approximate surface area is 156 Å². The maximum absolute atomic E-state index is 12.7. The lowest BCUT2D eigenvalue weighted by Gasteiger charge is -2.07. The number of hydrogen-bond donors (Lipinski definition) is 0. The van der Waals surface area contributed by atoms with Gasteiger partial charge in [0.25, 0.3) is 0 Å². The third-order valence-corrected chi connectivity index (χ3v) is 4.39. The Morgan fingerprint density at radius 3 is 2.30 bits per heavy atom. The topological polar surface area (TPSA) is 57.6 Å². The predicted octanol–water partition coefficient (Wildman–Crippen LogP) is 4.38. The van der Waals surface area contributed by atoms with E-state index in [2.05, 4.69) is 4.98 Å². The molecule has 27 heavy (non-hydrogen) atoms. The second-order valence-corrected chi connectivity index (χ2v) is 6.00. The summed E-state index contributed by atoms with van der Waals surface area (Å²) >= 11 is 0. The van der Waals surface area contributed by atoms with E-state index < -0.39 is 0 Å². The molecule has 1 aliphatic heterocycles. The van der Waals surface area contributed by atoms with Crippen LogP contribution in [0.1, 0.15) is 15.9 Å². The van der Waals surface area contributed by atoms with E-state index >= 15 is 0 Å². The predicted molar refractivity (Wildman–Crippen MR) is 102 cm³/mol. The molecule has 1 aliphatic rings. The van der Waals surface area contributed by atoms with Crippen LogP contribution in [0.2, 0.25) is 0 Å². The van der Waals surface area contributed by atoms with Gasteiger partial charge in [-0.1, -0.05) is 24.3 Å². The lowest BCUT2D eigenvalue weighted by Crippen LogP contribution is -2.00. The van der Waals surface area contributed by atoms with Gasteiger partial charge in [-0.25, -0.2) is 0 Å². The first-order chi connectivity index (χ1) is 13.2. The number of allylic oxidation sites excluding steroid dienone is 1. The first kappa shape index (κ1) is 16.8. The van der Waals surface area contributed by atoms with E-state index in [4.69, 9.17) is 14.2 Å². The number of benzene rings is 2. The molecule has 0 fully saturated rings. The van der Waals surface area contributed by atoms with Gasteiger partial charge in [0.05, 0.1) is 14.2 Å². The number of aromatic nitrogens is 1. The summed E-state index contributed by atoms with van der Waals surface area (Å²) in [5.74, 6) is 1.50. The molecule has 0 saturated heterocycles. The smallest absolute Gasteiger partial charge is 0.235 e. The van der Waals surface area contributed by atoms with E-state index in [0.29, 0.717) is 22.8 Å². The summed E-state index contributed by atoms with van der Waals surface area (Å²) in [5.41, 5.74) is 3.45. The van der Waals surface area contributed by atoms with Gasteiger partial charge >= 0.3 is 0 Å². The van der Waals surface area contributed by atoms with Gasteiger partial charge in [-0.2, -0.15) is 0 Å². The molecule has 134 valence electrons. The van der Waals surface area contributed by atoms with Gasteiger partial charge in [-0.15, -0.1) is 0 Å². The summed E-state index contributed by atoms with van der Waals surface area (Å²) in [6, 6.07) is 15.1. The van der Waals surface area contributed by atoms with Crippen molar-refractivity contribution in [1.82, 2.24) is 4.98 Å². The van der Waals surface area contributed by atoms with Gasteiger partial charge in [-0.3, -0.25) is 9.78 Å². The molecule has 0 spiro atoms. The van der Waals surface area contributed by atoms with Gasteiger partial charge in [0, 0.05) is 24.5 Å². The largest absolute Gasteiger partial charge is 0.496 e. The summed E-state index contributed by atoms with van der Waals surface area (Å²) < 4.78 is 16.3. The first-order valence-corrected chi connectivity index (χ1v) is 8.40. The second kappa shape index (κ2) is 6.96. The summed E-state index contributed by atoms with van der Waals surface area (Å²) in [7, 11) is 3.07. The molecule has 2 aromatic carbocycles. The quantitative estimate of drug-likeness (QED) is 0.647. The van der Waals surface area contributed by atoms with E-state index in [1.807, 2.05) is 36.4 Å². The number of nitrogens with zero attached hydrogens (tertiary/aromatic N) is 1. The Kier molecular flexibility index (Phi) is 4.34. The minimum atomic E-state index is -0.206. The highest BCUT2D eigenvalue weighted by atomic mass is 16.5. The minimum Gasteiger partial charge on any atom is -0.496 e. The normalized spacial score (nSPS) is 14.0. The van der Waals surface area contributed by atoms with E-state index in [1.54, 1.807) is 37.7 Å². The van der Waals surface area contributed by atoms with Crippen molar-refractivity contribution in [3.05, 3.63) is 77.8 Å². The van der Waals surface area contributed by atoms with Crippen molar-refractivity contribution >= 4 is 11.9 Å². The van der Waals surface area contributed by atoms with Crippen molar-refractivity contribution in [3.8, 4) is 28.4 Å². The molecular formula is C22H17NO4. The van der Waals surface area contributed by atoms with Crippen LogP contribution in [-0.2, 0) is 0 Å². The van der Waals surface area contributed by atoms with Crippen LogP contribution in [0.4, 0.5) is 0 Å². The van der Waals surface area contributed by atoms with Crippen LogP contribution in [-0.4, -0.2) is 25.0 Å². The Bertz CT molecular complexity index is 1020. The molecule has 5 heteroatoms. The summed E-state index contributed by atoms with van der Waals surface area (Å²) in [4.78, 5) is 16.8. The molecule has 3 aromatic rings. The van der Waals surface area contributed by atoms with Crippen molar-refractivity contribution < 1.29 is 19.0 Å². The number of methoxy groups -OCH3 is 2. The van der Waals surface area contributed by atoms with Gasteiger partial charge < -0.3 is 14.2 Å². The monoisotopic (exact) mass is 359 g/mol. The lowest BCUT2D eigenvalue weighted by molar-refractivity contribution is 0.101. The van der Waals surface area contributed by atoms with E-state index in [-0.39, 0.29) is 11.5 Å². The average Bonchev–Trinajstić information content (AvgIpc) is 3.04. The molecule has 5 nitrogen and oxygen atoms in total. The SMILES string of the molecule is COc1cc(OC)c2c(c1)O/C(=C\c1ccc(-c3ccncc3)cc1)C2=O. The molecule has 0 bridgehead atoms. The van der Waals surface area contributed by atoms with Crippen molar-refractivity contribution in [1.29, 1.82) is 0 Å². The van der Waals surface area contributed by atoms with Crippen LogP contribution in [0.25, 0.3) is 17.2 Å². The number of carbonyl (C=O) groups excluding carboxylic acids is 1. The maximum Gasteiger partial charge on any atom is 0.235 e. The van der Waals surface area contributed by atoms with E-state index in [0.717, 1.165) is 16.7 Å². The second-order valence-electron chi connectivity index (χ2n) is 6.00. The molecular weight excluding hydrogens is 342 g/mol. The summed E-state index contributed by atoms with van der Waals surface area (Å²) in [6.07, 6.45) is 5.24. The zero-order valence-electron chi connectivity index (χ0n) is 14.9. The fourth-order valence-corrected chi connectivity index (χ4v) is 3.00. The van der Waals surface area contributed by atoms with Crippen molar-refractivity contribution in [2.75, 3.05) is 14.2 Å². The summed E-state index contributed by atoms with van der Waals surface area (Å²) in [5, 5.41) is 0. The fourth-order valence-electron chi connectivity index (χ4n) is 3.00. The van der Waals surface area contributed by atoms with Crippen molar-refractivity contribution in [2.24, 2.45) is 0 Å². The number of carbonyl (C=O) groups is 1. The molecule has 0 unspecified atom stereocenters. The van der Waals surface area contributed by atoms with Gasteiger partial charge in [-0.05, 0) is 34.9 Å². The van der Waals surface area contributed by atoms with Crippen molar-refractivity contribution in [3.63, 3.8) is 0 Å². The zero-order chi connectivity index (χ0) is 18.8. The third kappa shape index (κ3) is 3.15. The Morgan fingerprint density at radius 2 is 1.63 bits per heavy atom. The van der Waals surface area contributed by atoms with Crippen molar-refractivity contribution in [2.45, 2.75) is 0 Å². The molecule has 2 heterocycles. The molecule has 0 aliphatic carbocycles. The molecule has 0 N–H and O–H groups in total. The number of ether oxygens (including phenoxy) is 3. The minimum absolute atomic E-state index is 0.206. The number of ketones is 1. The Balaban J connectivity index is 1.64. The number of rotatable bonds is 4. The average molecular weight is 359 g/mol. The molecule has 0 atom stereocenters. The van der Waals surface area contributed by atoms with Gasteiger partial charge in [0.1, 0.15) is 22.8 Å². The third-order valence-electron chi connectivity index (χ3n) is 4.39. The Morgan fingerprint density at radius 1 is 0.926 bits per heavy atom. The molecule has 4 rings (SSSR count). The number of fused-ring (bicyclic) bond motifs is 1. The first-order valence-electron chi connectivity index (χ1n) is 8.40. The number of Topliss-reactive ketones (excluding diaryl/α,β-unsaturated/α-hetero) is 1. The lowest BCUT2D eigenvalue weighted by atomic mass is 10.0. The van der Waals surface area contributed by atoms with Crippen LogP contribution in [0.5, 0.6) is 17.2 Å². The van der Waals surface area contributed by atoms with Crippen LogP contribution < -0.4 is 14.2 Å². The van der Waals surface area contributed by atoms with Crippen LogP contribution in [0.3, 0.4) is 0 Å². The highest BCUT2D eigenvalue weighted by Crippen LogP contribution is 2.41. The van der Waals surface area contributed by atoms with E-state index in [9.17, 15) is 4.79 Å². The van der Waals surface area contributed by atoms with Gasteiger partial charge in [0.15, 0.2) is 5.76 Å². The molecule has 0 amide bonds. The highest BCUT2D eigenvalue weighted by molar-refractivity contribution is 6.16. The van der Waals surface area contributed by atoms with Crippen LogP contribution >= 0.6 is 0 Å². The molecule has 0 radical (unpaired) electrons. The maximum atomic E-state index is 12.7. The zero-order valence-corrected chi connectivity index (χ0v) is 14.9. The summed E-state index contributed by atoms with van der Waals surface area (Å²) in [6.45, 7) is 0. The van der Waals surface area contributed by atoms with Crippen LogP contribution in [0, 0.1) is 0 Å². The molecule has 1 aromatic heterocycles. The fraction of sp³-hybridized carbons (Fsp3) is 0.0909. The Hall–Kier alpha value is -3.60. The number of pyridine rings is 1. The highest BCUT2D eigenvalue weighted by Gasteiger charge is 2.32.